The fourth-order valence-electron chi connectivity index (χ4n) is 4.77. The third-order valence-corrected chi connectivity index (χ3v) is 7.78. The molecule has 0 bridgehead atoms. The zero-order valence-corrected chi connectivity index (χ0v) is 16.3. The lowest BCUT2D eigenvalue weighted by Gasteiger charge is -2.40. The monoisotopic (exact) mass is 357 g/mol. The molecule has 6 heteroatoms. The van der Waals surface area contributed by atoms with E-state index in [0.717, 1.165) is 51.2 Å². The Morgan fingerprint density at radius 3 is 2.17 bits per heavy atom. The van der Waals surface area contributed by atoms with Crippen LogP contribution in [0.3, 0.4) is 0 Å². The maximum absolute atomic E-state index is 12.3. The van der Waals surface area contributed by atoms with Gasteiger partial charge in [-0.3, -0.25) is 0 Å². The van der Waals surface area contributed by atoms with Crippen LogP contribution in [0.5, 0.6) is 0 Å². The van der Waals surface area contributed by atoms with Gasteiger partial charge in [-0.1, -0.05) is 6.42 Å². The van der Waals surface area contributed by atoms with E-state index in [-0.39, 0.29) is 12.1 Å². The molecule has 1 saturated carbocycles. The summed E-state index contributed by atoms with van der Waals surface area (Å²) in [5.41, 5.74) is 0. The molecular weight excluding hydrogens is 322 g/mol. The Kier molecular flexibility index (Phi) is 6.22. The van der Waals surface area contributed by atoms with Crippen LogP contribution in [-0.4, -0.2) is 80.1 Å². The van der Waals surface area contributed by atoms with Gasteiger partial charge in [0.2, 0.25) is 10.0 Å². The van der Waals surface area contributed by atoms with Gasteiger partial charge in [-0.15, -0.1) is 0 Å². The standard InChI is InChI=1S/C18H35N3O2S/c1-19-12-4-8-16(19)10-14-20-13-5-9-18(11-15-20)21(24(2,22)23)17-6-3-7-17/h16-18H,3-15H2,1-2H3. The third kappa shape index (κ3) is 4.51. The molecular formula is C18H35N3O2S. The molecule has 2 saturated heterocycles. The molecule has 0 amide bonds. The zero-order valence-electron chi connectivity index (χ0n) is 15.5. The molecule has 2 atom stereocenters. The van der Waals surface area contributed by atoms with Crippen LogP contribution in [0.15, 0.2) is 0 Å². The molecule has 0 aromatic carbocycles. The topological polar surface area (TPSA) is 43.9 Å². The molecule has 3 fully saturated rings. The highest BCUT2D eigenvalue weighted by molar-refractivity contribution is 7.88. The molecule has 0 aromatic heterocycles. The Bertz CT molecular complexity index is 506. The predicted octanol–water partition coefficient (Wildman–Crippen LogP) is 2.14. The molecule has 140 valence electrons. The van der Waals surface area contributed by atoms with E-state index in [1.807, 2.05) is 4.31 Å². The summed E-state index contributed by atoms with van der Waals surface area (Å²) in [5, 5.41) is 0. The molecule has 0 aromatic rings. The van der Waals surface area contributed by atoms with Crippen molar-refractivity contribution in [3.8, 4) is 0 Å². The van der Waals surface area contributed by atoms with Gasteiger partial charge in [-0.2, -0.15) is 4.31 Å². The third-order valence-electron chi connectivity index (χ3n) is 6.42. The Labute approximate surface area is 148 Å². The number of hydrogen-bond donors (Lipinski definition) is 0. The lowest BCUT2D eigenvalue weighted by Crippen LogP contribution is -2.49. The van der Waals surface area contributed by atoms with Crippen molar-refractivity contribution in [2.24, 2.45) is 0 Å². The molecule has 0 N–H and O–H groups in total. The van der Waals surface area contributed by atoms with E-state index < -0.39 is 10.0 Å². The first-order chi connectivity index (χ1) is 11.4. The second-order valence-electron chi connectivity index (χ2n) is 8.17. The summed E-state index contributed by atoms with van der Waals surface area (Å²) in [6.45, 7) is 4.61. The van der Waals surface area contributed by atoms with Crippen molar-refractivity contribution >= 4 is 10.0 Å². The van der Waals surface area contributed by atoms with E-state index >= 15 is 0 Å². The summed E-state index contributed by atoms with van der Waals surface area (Å²) in [7, 11) is -0.834. The Balaban J connectivity index is 1.52. The minimum Gasteiger partial charge on any atom is -0.303 e. The van der Waals surface area contributed by atoms with Crippen molar-refractivity contribution in [1.82, 2.24) is 14.1 Å². The first-order valence-electron chi connectivity index (χ1n) is 9.86. The number of sulfonamides is 1. The van der Waals surface area contributed by atoms with Gasteiger partial charge in [0.1, 0.15) is 0 Å². The molecule has 2 aliphatic heterocycles. The molecule has 3 aliphatic rings. The van der Waals surface area contributed by atoms with E-state index in [1.165, 1.54) is 45.0 Å². The molecule has 1 aliphatic carbocycles. The van der Waals surface area contributed by atoms with Gasteiger partial charge in [0.15, 0.2) is 0 Å². The minimum absolute atomic E-state index is 0.226. The molecule has 5 nitrogen and oxygen atoms in total. The molecule has 24 heavy (non-hydrogen) atoms. The van der Waals surface area contributed by atoms with Crippen molar-refractivity contribution in [1.29, 1.82) is 0 Å². The van der Waals surface area contributed by atoms with E-state index in [4.69, 9.17) is 0 Å². The lowest BCUT2D eigenvalue weighted by atomic mass is 9.91. The van der Waals surface area contributed by atoms with Crippen LogP contribution in [0, 0.1) is 0 Å². The second-order valence-corrected chi connectivity index (χ2v) is 10.1. The summed E-state index contributed by atoms with van der Waals surface area (Å²) in [6.07, 6.45) is 11.8. The SMILES string of the molecule is CN1CCCC1CCN1CCCC(N(C2CCC2)S(C)(=O)=O)CC1. The average Bonchev–Trinajstić information content (AvgIpc) is 2.74. The number of nitrogens with zero attached hydrogens (tertiary/aromatic N) is 3. The normalized spacial score (nSPS) is 31.3. The first kappa shape index (κ1) is 18.6. The van der Waals surface area contributed by atoms with Crippen LogP contribution in [0.25, 0.3) is 0 Å². The Morgan fingerprint density at radius 2 is 1.58 bits per heavy atom. The quantitative estimate of drug-likeness (QED) is 0.730. The van der Waals surface area contributed by atoms with Crippen molar-refractivity contribution in [3.63, 3.8) is 0 Å². The maximum atomic E-state index is 12.3. The number of rotatable bonds is 6. The Hall–Kier alpha value is -0.170. The van der Waals surface area contributed by atoms with Crippen LogP contribution < -0.4 is 0 Å². The minimum atomic E-state index is -3.08. The Morgan fingerprint density at radius 1 is 0.917 bits per heavy atom. The fraction of sp³-hybridized carbons (Fsp3) is 1.00. The van der Waals surface area contributed by atoms with Crippen molar-refractivity contribution in [2.45, 2.75) is 75.9 Å². The second kappa shape index (κ2) is 8.02. The van der Waals surface area contributed by atoms with Crippen molar-refractivity contribution < 1.29 is 8.42 Å². The van der Waals surface area contributed by atoms with Gasteiger partial charge < -0.3 is 9.80 Å². The summed E-state index contributed by atoms with van der Waals surface area (Å²) >= 11 is 0. The van der Waals surface area contributed by atoms with Gasteiger partial charge in [-0.05, 0) is 84.6 Å². The molecule has 0 spiro atoms. The smallest absolute Gasteiger partial charge is 0.211 e. The molecule has 2 unspecified atom stereocenters. The molecule has 0 radical (unpaired) electrons. The number of likely N-dealkylation sites (tertiary alicyclic amines) is 2. The van der Waals surface area contributed by atoms with E-state index in [9.17, 15) is 8.42 Å². The zero-order chi connectivity index (χ0) is 17.2. The van der Waals surface area contributed by atoms with E-state index in [0.29, 0.717) is 0 Å². The fourth-order valence-corrected chi connectivity index (χ4v) is 6.28. The van der Waals surface area contributed by atoms with Crippen LogP contribution in [-0.2, 0) is 10.0 Å². The predicted molar refractivity (Wildman–Crippen MR) is 98.7 cm³/mol. The van der Waals surface area contributed by atoms with Gasteiger partial charge in [0, 0.05) is 18.1 Å². The number of hydrogen-bond acceptors (Lipinski definition) is 4. The van der Waals surface area contributed by atoms with Gasteiger partial charge in [-0.25, -0.2) is 8.42 Å². The molecule has 2 heterocycles. The summed E-state index contributed by atoms with van der Waals surface area (Å²) in [6, 6.07) is 1.26. The average molecular weight is 358 g/mol. The highest BCUT2D eigenvalue weighted by Crippen LogP contribution is 2.32. The van der Waals surface area contributed by atoms with Crippen LogP contribution in [0.4, 0.5) is 0 Å². The van der Waals surface area contributed by atoms with E-state index in [1.54, 1.807) is 0 Å². The summed E-state index contributed by atoms with van der Waals surface area (Å²) in [4.78, 5) is 5.08. The summed E-state index contributed by atoms with van der Waals surface area (Å²) in [5.74, 6) is 0. The lowest BCUT2D eigenvalue weighted by molar-refractivity contribution is 0.160. The van der Waals surface area contributed by atoms with Crippen LogP contribution >= 0.6 is 0 Å². The van der Waals surface area contributed by atoms with Gasteiger partial charge in [0.25, 0.3) is 0 Å². The van der Waals surface area contributed by atoms with Crippen molar-refractivity contribution in [3.05, 3.63) is 0 Å². The first-order valence-corrected chi connectivity index (χ1v) is 11.7. The van der Waals surface area contributed by atoms with E-state index in [2.05, 4.69) is 16.8 Å². The largest absolute Gasteiger partial charge is 0.303 e. The summed E-state index contributed by atoms with van der Waals surface area (Å²) < 4.78 is 26.5. The van der Waals surface area contributed by atoms with Gasteiger partial charge >= 0.3 is 0 Å². The van der Waals surface area contributed by atoms with Crippen LogP contribution in [0.1, 0.15) is 57.8 Å². The highest BCUT2D eigenvalue weighted by atomic mass is 32.2. The van der Waals surface area contributed by atoms with Crippen LogP contribution in [0.2, 0.25) is 0 Å². The highest BCUT2D eigenvalue weighted by Gasteiger charge is 2.37. The molecule has 3 rings (SSSR count). The maximum Gasteiger partial charge on any atom is 0.211 e. The van der Waals surface area contributed by atoms with Crippen molar-refractivity contribution in [2.75, 3.05) is 39.5 Å². The van der Waals surface area contributed by atoms with Gasteiger partial charge in [0.05, 0.1) is 6.26 Å².